The molecule has 136 valence electrons. The van der Waals surface area contributed by atoms with E-state index in [-0.39, 0.29) is 23.5 Å². The lowest BCUT2D eigenvalue weighted by Crippen LogP contribution is -2.45. The van der Waals surface area contributed by atoms with Gasteiger partial charge in [0.15, 0.2) is 0 Å². The van der Waals surface area contributed by atoms with Crippen LogP contribution in [0.5, 0.6) is 0 Å². The third kappa shape index (κ3) is 3.82. The van der Waals surface area contributed by atoms with Crippen molar-refractivity contribution in [1.82, 2.24) is 9.80 Å². The Hall–Kier alpha value is -2.55. The van der Waals surface area contributed by atoms with Crippen LogP contribution < -0.4 is 0 Å². The van der Waals surface area contributed by atoms with Crippen molar-refractivity contribution in [2.75, 3.05) is 7.05 Å². The molecule has 1 amide bonds. The van der Waals surface area contributed by atoms with Crippen molar-refractivity contribution in [3.05, 3.63) is 78.0 Å². The fourth-order valence-electron chi connectivity index (χ4n) is 3.83. The Balaban J connectivity index is 1.94. The minimum Gasteiger partial charge on any atom is -0.345 e. The van der Waals surface area contributed by atoms with Crippen LogP contribution in [0, 0.1) is 5.41 Å². The molecule has 1 aliphatic heterocycles. The summed E-state index contributed by atoms with van der Waals surface area (Å²) in [7, 11) is 1.92. The Morgan fingerprint density at radius 2 is 1.54 bits per heavy atom. The summed E-state index contributed by atoms with van der Waals surface area (Å²) in [6, 6.07) is 20.3. The number of carbonyl (C=O) groups excluding carboxylic acids is 1. The van der Waals surface area contributed by atoms with Crippen molar-refractivity contribution in [1.29, 1.82) is 0 Å². The average Bonchev–Trinajstić information content (AvgIpc) is 2.86. The normalized spacial score (nSPS) is 21.0. The Morgan fingerprint density at radius 1 is 0.962 bits per heavy atom. The lowest BCUT2D eigenvalue weighted by atomic mass is 9.91. The zero-order valence-corrected chi connectivity index (χ0v) is 16.1. The summed E-state index contributed by atoms with van der Waals surface area (Å²) in [4.78, 5) is 17.2. The van der Waals surface area contributed by atoms with Crippen LogP contribution in [0.15, 0.2) is 66.9 Å². The van der Waals surface area contributed by atoms with Gasteiger partial charge in [-0.05, 0) is 17.2 Å². The lowest BCUT2D eigenvalue weighted by Gasteiger charge is -2.38. The van der Waals surface area contributed by atoms with Crippen molar-refractivity contribution in [3.63, 3.8) is 0 Å². The summed E-state index contributed by atoms with van der Waals surface area (Å²) in [5.74, 6) is 0.187. The zero-order valence-electron chi connectivity index (χ0n) is 16.1. The predicted octanol–water partition coefficient (Wildman–Crippen LogP) is 4.41. The van der Waals surface area contributed by atoms with Gasteiger partial charge < -0.3 is 9.80 Å². The van der Waals surface area contributed by atoms with Crippen LogP contribution in [0.2, 0.25) is 0 Å². The number of hydrogen-bond acceptors (Lipinski definition) is 2. The van der Waals surface area contributed by atoms with Crippen LogP contribution in [-0.4, -0.2) is 35.0 Å². The number of benzene rings is 2. The molecule has 0 bridgehead atoms. The molecule has 2 atom stereocenters. The molecule has 3 heteroatoms. The van der Waals surface area contributed by atoms with E-state index in [1.807, 2.05) is 48.3 Å². The number of nitrogens with zero attached hydrogens (tertiary/aromatic N) is 2. The van der Waals surface area contributed by atoms with Gasteiger partial charge in [0.1, 0.15) is 12.2 Å². The molecule has 0 saturated carbocycles. The van der Waals surface area contributed by atoms with Crippen molar-refractivity contribution in [3.8, 4) is 0 Å². The first-order chi connectivity index (χ1) is 12.4. The largest absolute Gasteiger partial charge is 0.345 e. The summed E-state index contributed by atoms with van der Waals surface area (Å²) < 4.78 is 0. The molecule has 26 heavy (non-hydrogen) atoms. The smallest absolute Gasteiger partial charge is 0.247 e. The minimum absolute atomic E-state index is 0.0312. The molecule has 0 unspecified atom stereocenters. The Kier molecular flexibility index (Phi) is 5.17. The lowest BCUT2D eigenvalue weighted by molar-refractivity contribution is -0.129. The molecule has 1 aliphatic rings. The van der Waals surface area contributed by atoms with Crippen molar-refractivity contribution < 1.29 is 4.79 Å². The highest BCUT2D eigenvalue weighted by atomic mass is 16.2. The van der Waals surface area contributed by atoms with E-state index in [4.69, 9.17) is 0 Å². The molecule has 0 radical (unpaired) electrons. The molecule has 1 heterocycles. The van der Waals surface area contributed by atoms with E-state index in [0.717, 1.165) is 12.0 Å². The third-order valence-electron chi connectivity index (χ3n) is 4.93. The average molecular weight is 348 g/mol. The van der Waals surface area contributed by atoms with Crippen LogP contribution in [0.3, 0.4) is 0 Å². The maximum Gasteiger partial charge on any atom is 0.247 e. The van der Waals surface area contributed by atoms with Gasteiger partial charge in [0.2, 0.25) is 5.91 Å². The third-order valence-corrected chi connectivity index (χ3v) is 4.93. The van der Waals surface area contributed by atoms with Crippen LogP contribution >= 0.6 is 0 Å². The van der Waals surface area contributed by atoms with E-state index >= 15 is 0 Å². The summed E-state index contributed by atoms with van der Waals surface area (Å²) in [6.07, 6.45) is 4.95. The van der Waals surface area contributed by atoms with Gasteiger partial charge in [-0.15, -0.1) is 0 Å². The molecular formula is C23H28N2O. The SMILES string of the molecule is CN1C(=O)[C@H](Cc2ccccc2)N(/C=C/c2ccccc2)[C@@H]1C(C)(C)C. The number of rotatable bonds is 4. The molecule has 3 nitrogen and oxygen atoms in total. The molecule has 0 N–H and O–H groups in total. The summed E-state index contributed by atoms with van der Waals surface area (Å²) >= 11 is 0. The fraction of sp³-hybridized carbons (Fsp3) is 0.348. The van der Waals surface area contributed by atoms with E-state index in [0.29, 0.717) is 0 Å². The minimum atomic E-state index is -0.174. The number of amides is 1. The highest BCUT2D eigenvalue weighted by molar-refractivity contribution is 5.85. The van der Waals surface area contributed by atoms with Gasteiger partial charge in [-0.2, -0.15) is 0 Å². The maximum absolute atomic E-state index is 13.0. The zero-order chi connectivity index (χ0) is 18.7. The first kappa shape index (κ1) is 18.2. The summed E-state index contributed by atoms with van der Waals surface area (Å²) in [5.41, 5.74) is 2.28. The van der Waals surface area contributed by atoms with Gasteiger partial charge in [0.05, 0.1) is 0 Å². The second-order valence-corrected chi connectivity index (χ2v) is 8.07. The molecule has 3 rings (SSSR count). The van der Waals surface area contributed by atoms with Gasteiger partial charge in [0, 0.05) is 25.1 Å². The van der Waals surface area contributed by atoms with Gasteiger partial charge in [-0.3, -0.25) is 4.79 Å². The first-order valence-corrected chi connectivity index (χ1v) is 9.19. The van der Waals surface area contributed by atoms with Crippen LogP contribution in [0.4, 0.5) is 0 Å². The standard InChI is InChI=1S/C23H28N2O/c1-23(2,3)22-24(4)21(26)20(17-19-13-9-6-10-14-19)25(22)16-15-18-11-7-5-8-12-18/h5-16,20,22H,17H2,1-4H3/b16-15+/t20-,22+/m0/s1. The summed E-state index contributed by atoms with van der Waals surface area (Å²) in [5, 5.41) is 0. The topological polar surface area (TPSA) is 23.6 Å². The van der Waals surface area contributed by atoms with E-state index in [1.54, 1.807) is 0 Å². The summed E-state index contributed by atoms with van der Waals surface area (Å²) in [6.45, 7) is 6.57. The van der Waals surface area contributed by atoms with E-state index in [2.05, 4.69) is 62.2 Å². The number of carbonyl (C=O) groups is 1. The Morgan fingerprint density at radius 3 is 2.12 bits per heavy atom. The van der Waals surface area contributed by atoms with Gasteiger partial charge in [-0.1, -0.05) is 81.4 Å². The van der Waals surface area contributed by atoms with Crippen molar-refractivity contribution in [2.45, 2.75) is 39.4 Å². The molecule has 2 aromatic carbocycles. The van der Waals surface area contributed by atoms with Crippen LogP contribution in [-0.2, 0) is 11.2 Å². The molecule has 2 aromatic rings. The van der Waals surface area contributed by atoms with Gasteiger partial charge in [0.25, 0.3) is 0 Å². The van der Waals surface area contributed by atoms with E-state index in [9.17, 15) is 4.79 Å². The number of hydrogen-bond donors (Lipinski definition) is 0. The highest BCUT2D eigenvalue weighted by Gasteiger charge is 2.47. The van der Waals surface area contributed by atoms with E-state index < -0.39 is 0 Å². The molecule has 0 spiro atoms. The molecule has 1 saturated heterocycles. The molecule has 1 fully saturated rings. The second-order valence-electron chi connectivity index (χ2n) is 8.07. The van der Waals surface area contributed by atoms with Crippen LogP contribution in [0.1, 0.15) is 31.9 Å². The fourth-order valence-corrected chi connectivity index (χ4v) is 3.83. The molecule has 0 aliphatic carbocycles. The predicted molar refractivity (Wildman–Crippen MR) is 107 cm³/mol. The number of likely N-dealkylation sites (N-methyl/N-ethyl adjacent to an activating group) is 1. The quantitative estimate of drug-likeness (QED) is 0.817. The molecule has 0 aromatic heterocycles. The monoisotopic (exact) mass is 348 g/mol. The Labute approximate surface area is 156 Å². The molecular weight excluding hydrogens is 320 g/mol. The van der Waals surface area contributed by atoms with Crippen molar-refractivity contribution >= 4 is 12.0 Å². The Bertz CT molecular complexity index is 762. The van der Waals surface area contributed by atoms with Gasteiger partial charge in [-0.25, -0.2) is 0 Å². The van der Waals surface area contributed by atoms with E-state index in [1.165, 1.54) is 5.56 Å². The first-order valence-electron chi connectivity index (χ1n) is 9.19. The van der Waals surface area contributed by atoms with Crippen molar-refractivity contribution in [2.24, 2.45) is 5.41 Å². The highest BCUT2D eigenvalue weighted by Crippen LogP contribution is 2.35. The van der Waals surface area contributed by atoms with Crippen LogP contribution in [0.25, 0.3) is 6.08 Å². The maximum atomic E-state index is 13.0. The second kappa shape index (κ2) is 7.36. The van der Waals surface area contributed by atoms with Gasteiger partial charge >= 0.3 is 0 Å².